The molecule has 4 heteroatoms. The summed E-state index contributed by atoms with van der Waals surface area (Å²) < 4.78 is 7.71. The van der Waals surface area contributed by atoms with Crippen LogP contribution in [-0.2, 0) is 11.3 Å². The predicted molar refractivity (Wildman–Crippen MR) is 53.8 cm³/mol. The van der Waals surface area contributed by atoms with E-state index in [1.807, 2.05) is 11.5 Å². The maximum Gasteiger partial charge on any atom is 0.339 e. The molecule has 0 N–H and O–H groups in total. The fourth-order valence-corrected chi connectivity index (χ4v) is 1.65. The fraction of sp³-hybridized carbons (Fsp3) is 0.444. The van der Waals surface area contributed by atoms with Crippen LogP contribution in [0.15, 0.2) is 16.9 Å². The molecule has 1 aromatic heterocycles. The van der Waals surface area contributed by atoms with E-state index in [1.54, 1.807) is 19.2 Å². The number of esters is 1. The van der Waals surface area contributed by atoms with E-state index in [1.165, 1.54) is 0 Å². The first-order chi connectivity index (χ1) is 6.19. The summed E-state index contributed by atoms with van der Waals surface area (Å²) in [4.78, 5) is 11.3. The third kappa shape index (κ3) is 2.34. The van der Waals surface area contributed by atoms with Gasteiger partial charge >= 0.3 is 5.97 Å². The Morgan fingerprint density at radius 3 is 2.77 bits per heavy atom. The lowest BCUT2D eigenvalue weighted by Gasteiger charge is -1.98. The van der Waals surface area contributed by atoms with Crippen LogP contribution in [0.25, 0.3) is 0 Å². The van der Waals surface area contributed by atoms with Gasteiger partial charge in [-0.05, 0) is 35.8 Å². The second kappa shape index (κ2) is 4.46. The number of aromatic nitrogens is 1. The average molecular weight is 246 g/mol. The molecular weight excluding hydrogens is 234 g/mol. The molecule has 1 aromatic rings. The third-order valence-electron chi connectivity index (χ3n) is 1.70. The number of hydrogen-bond acceptors (Lipinski definition) is 2. The first kappa shape index (κ1) is 10.3. The van der Waals surface area contributed by atoms with Crippen LogP contribution >= 0.6 is 15.9 Å². The van der Waals surface area contributed by atoms with Gasteiger partial charge in [0.15, 0.2) is 0 Å². The zero-order valence-corrected chi connectivity index (χ0v) is 9.30. The lowest BCUT2D eigenvalue weighted by Crippen LogP contribution is -2.03. The van der Waals surface area contributed by atoms with Crippen LogP contribution in [0.2, 0.25) is 0 Å². The van der Waals surface area contributed by atoms with Crippen LogP contribution in [0.1, 0.15) is 24.2 Å². The Morgan fingerprint density at radius 2 is 2.31 bits per heavy atom. The Hall–Kier alpha value is -0.770. The number of halogens is 1. The number of nitrogens with zero attached hydrogens (tertiary/aromatic N) is 1. The molecule has 0 amide bonds. The molecule has 0 radical (unpaired) electrons. The van der Waals surface area contributed by atoms with Gasteiger partial charge in [-0.15, -0.1) is 0 Å². The van der Waals surface area contributed by atoms with Gasteiger partial charge in [0.2, 0.25) is 0 Å². The Balaban J connectivity index is 2.84. The Labute approximate surface area is 85.8 Å². The van der Waals surface area contributed by atoms with Crippen LogP contribution in [0, 0.1) is 0 Å². The molecule has 0 saturated carbocycles. The molecule has 72 valence electrons. The first-order valence-electron chi connectivity index (χ1n) is 4.21. The van der Waals surface area contributed by atoms with Crippen LogP contribution in [0.3, 0.4) is 0 Å². The van der Waals surface area contributed by atoms with Crippen molar-refractivity contribution in [3.63, 3.8) is 0 Å². The summed E-state index contributed by atoms with van der Waals surface area (Å²) in [6.45, 7) is 5.05. The van der Waals surface area contributed by atoms with Crippen molar-refractivity contribution in [2.24, 2.45) is 0 Å². The number of ether oxygens (including phenoxy) is 1. The highest BCUT2D eigenvalue weighted by Crippen LogP contribution is 2.15. The Kier molecular flexibility index (Phi) is 3.54. The number of hydrogen-bond donors (Lipinski definition) is 0. The largest absolute Gasteiger partial charge is 0.462 e. The van der Waals surface area contributed by atoms with Crippen molar-refractivity contribution in [3.05, 3.63) is 22.4 Å². The molecule has 0 spiro atoms. The van der Waals surface area contributed by atoms with E-state index >= 15 is 0 Å². The maximum atomic E-state index is 11.3. The number of carbonyl (C=O) groups excluding carboxylic acids is 1. The monoisotopic (exact) mass is 245 g/mol. The van der Waals surface area contributed by atoms with Gasteiger partial charge in [-0.3, -0.25) is 0 Å². The number of carbonyl (C=O) groups is 1. The zero-order valence-electron chi connectivity index (χ0n) is 7.71. The van der Waals surface area contributed by atoms with Crippen molar-refractivity contribution in [1.29, 1.82) is 0 Å². The SMILES string of the molecule is CCOC(=O)c1cc(Br)n(CC)c1. The highest BCUT2D eigenvalue weighted by Gasteiger charge is 2.10. The molecule has 0 aliphatic heterocycles. The number of rotatable bonds is 3. The normalized spacial score (nSPS) is 10.1. The topological polar surface area (TPSA) is 31.2 Å². The van der Waals surface area contributed by atoms with Crippen molar-refractivity contribution < 1.29 is 9.53 Å². The molecule has 0 aliphatic rings. The van der Waals surface area contributed by atoms with E-state index in [0.717, 1.165) is 11.1 Å². The van der Waals surface area contributed by atoms with Crippen LogP contribution in [0.5, 0.6) is 0 Å². The molecule has 3 nitrogen and oxygen atoms in total. The van der Waals surface area contributed by atoms with Gasteiger partial charge in [-0.25, -0.2) is 4.79 Å². The van der Waals surface area contributed by atoms with Crippen LogP contribution in [0.4, 0.5) is 0 Å². The molecule has 13 heavy (non-hydrogen) atoms. The Morgan fingerprint density at radius 1 is 1.62 bits per heavy atom. The van der Waals surface area contributed by atoms with Gasteiger partial charge in [0.05, 0.1) is 16.8 Å². The van der Waals surface area contributed by atoms with Crippen LogP contribution < -0.4 is 0 Å². The van der Waals surface area contributed by atoms with Gasteiger partial charge in [0, 0.05) is 12.7 Å². The molecule has 0 bridgehead atoms. The summed E-state index contributed by atoms with van der Waals surface area (Å²) in [6, 6.07) is 1.77. The van der Waals surface area contributed by atoms with Crippen molar-refractivity contribution in [1.82, 2.24) is 4.57 Å². The molecular formula is C9H12BrNO2. The van der Waals surface area contributed by atoms with Gasteiger partial charge in [0.25, 0.3) is 0 Å². The summed E-state index contributed by atoms with van der Waals surface area (Å²) in [6.07, 6.45) is 1.78. The standard InChI is InChI=1S/C9H12BrNO2/c1-3-11-6-7(5-8(11)10)9(12)13-4-2/h5-6H,3-4H2,1-2H3. The smallest absolute Gasteiger partial charge is 0.339 e. The summed E-state index contributed by atoms with van der Waals surface area (Å²) in [5.74, 6) is -0.268. The van der Waals surface area contributed by atoms with E-state index in [4.69, 9.17) is 4.74 Å². The second-order valence-corrected chi connectivity index (χ2v) is 3.37. The average Bonchev–Trinajstić information content (AvgIpc) is 2.47. The van der Waals surface area contributed by atoms with Crippen molar-refractivity contribution in [3.8, 4) is 0 Å². The lowest BCUT2D eigenvalue weighted by molar-refractivity contribution is 0.0526. The Bertz CT molecular complexity index is 307. The maximum absolute atomic E-state index is 11.3. The second-order valence-electron chi connectivity index (χ2n) is 2.56. The van der Waals surface area contributed by atoms with Gasteiger partial charge in [-0.1, -0.05) is 0 Å². The lowest BCUT2D eigenvalue weighted by atomic mass is 10.3. The van der Waals surface area contributed by atoms with E-state index in [9.17, 15) is 4.79 Å². The van der Waals surface area contributed by atoms with Crippen molar-refractivity contribution in [2.75, 3.05) is 6.61 Å². The quantitative estimate of drug-likeness (QED) is 0.767. The summed E-state index contributed by atoms with van der Waals surface area (Å²) >= 11 is 3.35. The van der Waals surface area contributed by atoms with E-state index < -0.39 is 0 Å². The van der Waals surface area contributed by atoms with E-state index in [0.29, 0.717) is 12.2 Å². The van der Waals surface area contributed by atoms with Crippen molar-refractivity contribution in [2.45, 2.75) is 20.4 Å². The third-order valence-corrected chi connectivity index (χ3v) is 2.38. The predicted octanol–water partition coefficient (Wildman–Crippen LogP) is 2.45. The van der Waals surface area contributed by atoms with Crippen molar-refractivity contribution >= 4 is 21.9 Å². The molecule has 1 rings (SSSR count). The zero-order chi connectivity index (χ0) is 9.84. The molecule has 0 unspecified atom stereocenters. The minimum atomic E-state index is -0.268. The molecule has 1 heterocycles. The molecule has 0 aromatic carbocycles. The first-order valence-corrected chi connectivity index (χ1v) is 5.01. The minimum absolute atomic E-state index is 0.268. The molecule has 0 fully saturated rings. The van der Waals surface area contributed by atoms with Gasteiger partial charge in [-0.2, -0.15) is 0 Å². The molecule has 0 saturated heterocycles. The fourth-order valence-electron chi connectivity index (χ4n) is 1.05. The van der Waals surface area contributed by atoms with E-state index in [-0.39, 0.29) is 5.97 Å². The van der Waals surface area contributed by atoms with Gasteiger partial charge in [0.1, 0.15) is 0 Å². The van der Waals surface area contributed by atoms with Gasteiger partial charge < -0.3 is 9.30 Å². The highest BCUT2D eigenvalue weighted by molar-refractivity contribution is 9.10. The number of aryl methyl sites for hydroxylation is 1. The summed E-state index contributed by atoms with van der Waals surface area (Å²) in [5.41, 5.74) is 0.593. The molecule has 0 aliphatic carbocycles. The minimum Gasteiger partial charge on any atom is -0.462 e. The summed E-state index contributed by atoms with van der Waals surface area (Å²) in [5, 5.41) is 0. The summed E-state index contributed by atoms with van der Waals surface area (Å²) in [7, 11) is 0. The highest BCUT2D eigenvalue weighted by atomic mass is 79.9. The van der Waals surface area contributed by atoms with Crippen LogP contribution in [-0.4, -0.2) is 17.1 Å². The molecule has 0 atom stereocenters. The van der Waals surface area contributed by atoms with E-state index in [2.05, 4.69) is 15.9 Å².